The molecule has 0 aromatic heterocycles. The summed E-state index contributed by atoms with van der Waals surface area (Å²) in [7, 11) is -3.50. The highest BCUT2D eigenvalue weighted by Gasteiger charge is 2.22. The van der Waals surface area contributed by atoms with Crippen molar-refractivity contribution in [3.63, 3.8) is 0 Å². The molecular formula is C17H26N2O3S. The number of nitrogens with zero attached hydrogens (tertiary/aromatic N) is 2. The van der Waals surface area contributed by atoms with Crippen LogP contribution in [-0.2, 0) is 15.8 Å². The quantitative estimate of drug-likeness (QED) is 0.458. The van der Waals surface area contributed by atoms with Crippen LogP contribution in [0.3, 0.4) is 0 Å². The Morgan fingerprint density at radius 2 is 2.00 bits per heavy atom. The van der Waals surface area contributed by atoms with E-state index >= 15 is 0 Å². The number of benzene rings is 1. The lowest BCUT2D eigenvalue weighted by Gasteiger charge is -2.19. The second-order valence-electron chi connectivity index (χ2n) is 5.39. The molecule has 1 aromatic carbocycles. The molecule has 6 heteroatoms. The molecule has 0 heterocycles. The molecule has 23 heavy (non-hydrogen) atoms. The Morgan fingerprint density at radius 3 is 2.65 bits per heavy atom. The van der Waals surface area contributed by atoms with E-state index in [1.54, 1.807) is 24.3 Å². The van der Waals surface area contributed by atoms with Crippen LogP contribution < -0.4 is 4.74 Å². The Bertz CT molecular complexity index is 609. The van der Waals surface area contributed by atoms with Gasteiger partial charge in [-0.2, -0.15) is 9.57 Å². The van der Waals surface area contributed by atoms with Crippen molar-refractivity contribution in [3.8, 4) is 11.8 Å². The van der Waals surface area contributed by atoms with E-state index in [2.05, 4.69) is 6.92 Å². The maximum atomic E-state index is 12.6. The lowest BCUT2D eigenvalue weighted by Crippen LogP contribution is -2.33. The molecule has 0 bridgehead atoms. The number of ether oxygens (including phenoxy) is 1. The maximum absolute atomic E-state index is 12.6. The first-order valence-electron chi connectivity index (χ1n) is 8.10. The summed E-state index contributed by atoms with van der Waals surface area (Å²) < 4.78 is 31.8. The third-order valence-electron chi connectivity index (χ3n) is 3.46. The maximum Gasteiger partial charge on any atom is 0.219 e. The number of nitriles is 1. The molecule has 0 unspecified atom stereocenters. The van der Waals surface area contributed by atoms with E-state index in [1.807, 2.05) is 13.0 Å². The molecule has 1 rings (SSSR count). The van der Waals surface area contributed by atoms with E-state index in [0.717, 1.165) is 25.7 Å². The van der Waals surface area contributed by atoms with Crippen LogP contribution in [-0.4, -0.2) is 32.4 Å². The van der Waals surface area contributed by atoms with Crippen LogP contribution in [0.25, 0.3) is 0 Å². The smallest absolute Gasteiger partial charge is 0.219 e. The normalized spacial score (nSPS) is 11.4. The van der Waals surface area contributed by atoms with Gasteiger partial charge in [0, 0.05) is 6.54 Å². The van der Waals surface area contributed by atoms with Gasteiger partial charge in [-0.3, -0.25) is 0 Å². The zero-order valence-corrected chi connectivity index (χ0v) is 14.8. The summed E-state index contributed by atoms with van der Waals surface area (Å²) in [6.45, 7) is 4.83. The molecule has 5 nitrogen and oxygen atoms in total. The first-order chi connectivity index (χ1) is 11.0. The first-order valence-corrected chi connectivity index (χ1v) is 9.71. The van der Waals surface area contributed by atoms with Crippen LogP contribution in [0, 0.1) is 11.3 Å². The zero-order chi connectivity index (χ0) is 17.1. The van der Waals surface area contributed by atoms with Crippen molar-refractivity contribution in [1.29, 1.82) is 5.26 Å². The summed E-state index contributed by atoms with van der Waals surface area (Å²) in [5, 5.41) is 8.91. The Kier molecular flexibility index (Phi) is 8.67. The van der Waals surface area contributed by atoms with Crippen LogP contribution in [0.15, 0.2) is 24.3 Å². The van der Waals surface area contributed by atoms with E-state index in [-0.39, 0.29) is 12.3 Å². The van der Waals surface area contributed by atoms with Gasteiger partial charge in [0.15, 0.2) is 0 Å². The number of unbranched alkanes of at least 4 members (excludes halogenated alkanes) is 3. The third kappa shape index (κ3) is 7.02. The van der Waals surface area contributed by atoms with Gasteiger partial charge >= 0.3 is 0 Å². The van der Waals surface area contributed by atoms with Crippen LogP contribution in [0.4, 0.5) is 0 Å². The molecule has 0 saturated heterocycles. The molecule has 1 aromatic rings. The lowest BCUT2D eigenvalue weighted by molar-refractivity contribution is 0.340. The summed E-state index contributed by atoms with van der Waals surface area (Å²) >= 11 is 0. The van der Waals surface area contributed by atoms with Crippen molar-refractivity contribution < 1.29 is 13.2 Å². The minimum atomic E-state index is -3.50. The average molecular weight is 338 g/mol. The predicted molar refractivity (Wildman–Crippen MR) is 91.6 cm³/mol. The topological polar surface area (TPSA) is 70.4 Å². The number of rotatable bonds is 11. The molecule has 0 amide bonds. The largest absolute Gasteiger partial charge is 0.494 e. The van der Waals surface area contributed by atoms with Crippen molar-refractivity contribution in [2.75, 3.05) is 19.7 Å². The van der Waals surface area contributed by atoms with Gasteiger partial charge in [-0.25, -0.2) is 8.42 Å². The monoisotopic (exact) mass is 338 g/mol. The van der Waals surface area contributed by atoms with Gasteiger partial charge in [-0.1, -0.05) is 38.3 Å². The molecule has 0 atom stereocenters. The summed E-state index contributed by atoms with van der Waals surface area (Å²) in [4.78, 5) is 0. The fourth-order valence-electron chi connectivity index (χ4n) is 2.30. The fourth-order valence-corrected chi connectivity index (χ4v) is 3.75. The highest BCUT2D eigenvalue weighted by atomic mass is 32.2. The lowest BCUT2D eigenvalue weighted by atomic mass is 10.2. The second-order valence-corrected chi connectivity index (χ2v) is 7.36. The molecule has 0 aliphatic carbocycles. The van der Waals surface area contributed by atoms with Gasteiger partial charge in [0.2, 0.25) is 10.0 Å². The second kappa shape index (κ2) is 10.2. The van der Waals surface area contributed by atoms with Crippen LogP contribution in [0.2, 0.25) is 0 Å². The Hall–Kier alpha value is -1.58. The van der Waals surface area contributed by atoms with Gasteiger partial charge in [0.05, 0.1) is 18.4 Å². The molecule has 128 valence electrons. The Labute approximate surface area is 139 Å². The third-order valence-corrected chi connectivity index (χ3v) is 5.26. The minimum Gasteiger partial charge on any atom is -0.494 e. The summed E-state index contributed by atoms with van der Waals surface area (Å²) in [6, 6.07) is 9.05. The van der Waals surface area contributed by atoms with Crippen molar-refractivity contribution in [2.45, 2.75) is 45.3 Å². The molecule has 0 N–H and O–H groups in total. The number of hydrogen-bond donors (Lipinski definition) is 0. The molecule has 0 aliphatic heterocycles. The molecule has 0 fully saturated rings. The van der Waals surface area contributed by atoms with E-state index in [0.29, 0.717) is 24.5 Å². The highest BCUT2D eigenvalue weighted by molar-refractivity contribution is 7.88. The van der Waals surface area contributed by atoms with Crippen LogP contribution >= 0.6 is 0 Å². The molecule has 0 saturated carbocycles. The Morgan fingerprint density at radius 1 is 1.22 bits per heavy atom. The van der Waals surface area contributed by atoms with Gasteiger partial charge in [-0.15, -0.1) is 0 Å². The van der Waals surface area contributed by atoms with E-state index in [9.17, 15) is 8.42 Å². The van der Waals surface area contributed by atoms with E-state index in [1.165, 1.54) is 4.31 Å². The predicted octanol–water partition coefficient (Wildman–Crippen LogP) is 3.32. The summed E-state index contributed by atoms with van der Waals surface area (Å²) in [5.41, 5.74) is 0.674. The molecular weight excluding hydrogens is 312 g/mol. The highest BCUT2D eigenvalue weighted by Crippen LogP contribution is 2.17. The fraction of sp³-hybridized carbons (Fsp3) is 0.588. The Balaban J connectivity index is 2.76. The van der Waals surface area contributed by atoms with Crippen LogP contribution in [0.5, 0.6) is 5.75 Å². The van der Waals surface area contributed by atoms with Crippen molar-refractivity contribution in [1.82, 2.24) is 4.31 Å². The van der Waals surface area contributed by atoms with Crippen molar-refractivity contribution in [3.05, 3.63) is 29.8 Å². The minimum absolute atomic E-state index is 0.0976. The average Bonchev–Trinajstić information content (AvgIpc) is 2.50. The van der Waals surface area contributed by atoms with E-state index < -0.39 is 10.0 Å². The SMILES string of the molecule is CCCCCCN(CC#N)S(=O)(=O)Cc1cccc(OCC)c1. The van der Waals surface area contributed by atoms with Gasteiger partial charge in [-0.05, 0) is 31.0 Å². The molecule has 0 radical (unpaired) electrons. The zero-order valence-electron chi connectivity index (χ0n) is 14.0. The summed E-state index contributed by atoms with van der Waals surface area (Å²) in [6.07, 6.45) is 3.94. The molecule has 0 spiro atoms. The van der Waals surface area contributed by atoms with E-state index in [4.69, 9.17) is 10.00 Å². The standard InChI is InChI=1S/C17H26N2O3S/c1-3-5-6-7-12-19(13-11-18)23(20,21)15-16-9-8-10-17(14-16)22-4-2/h8-10,14H,3-7,12-13,15H2,1-2H3. The number of hydrogen-bond acceptors (Lipinski definition) is 4. The van der Waals surface area contributed by atoms with Crippen molar-refractivity contribution in [2.24, 2.45) is 0 Å². The first kappa shape index (κ1) is 19.5. The summed E-state index contributed by atoms with van der Waals surface area (Å²) in [5.74, 6) is 0.554. The van der Waals surface area contributed by atoms with Crippen LogP contribution in [0.1, 0.15) is 45.1 Å². The van der Waals surface area contributed by atoms with Gasteiger partial charge in [0.1, 0.15) is 12.3 Å². The van der Waals surface area contributed by atoms with Gasteiger partial charge in [0.25, 0.3) is 0 Å². The van der Waals surface area contributed by atoms with Gasteiger partial charge < -0.3 is 4.74 Å². The van der Waals surface area contributed by atoms with Crippen molar-refractivity contribution >= 4 is 10.0 Å². The molecule has 0 aliphatic rings. The number of sulfonamides is 1.